The molecule has 11 rings (SSSR count). The summed E-state index contributed by atoms with van der Waals surface area (Å²) in [6.45, 7) is 0.582. The first kappa shape index (κ1) is 24.8. The van der Waals surface area contributed by atoms with Crippen molar-refractivity contribution in [2.45, 2.75) is 50.4 Å². The predicted molar refractivity (Wildman–Crippen MR) is 193 cm³/mol. The lowest BCUT2D eigenvalue weighted by Gasteiger charge is -2.43. The molecule has 4 heterocycles. The molecule has 0 saturated heterocycles. The summed E-state index contributed by atoms with van der Waals surface area (Å²) in [5, 5.41) is 0. The molecule has 45 heavy (non-hydrogen) atoms. The molecular formula is C42H33B2N. The van der Waals surface area contributed by atoms with Crippen molar-refractivity contribution < 1.29 is 0 Å². The lowest BCUT2D eigenvalue weighted by atomic mass is 9.31. The molecule has 2 atom stereocenters. The first-order valence-electron chi connectivity index (χ1n) is 17.1. The molecule has 0 bridgehead atoms. The molecule has 0 spiro atoms. The Hall–Kier alpha value is -4.49. The van der Waals surface area contributed by atoms with Gasteiger partial charge in [0.25, 0.3) is 0 Å². The van der Waals surface area contributed by atoms with E-state index in [1.165, 1.54) is 79.6 Å². The average Bonchev–Trinajstić information content (AvgIpc) is 3.63. The molecule has 2 unspecified atom stereocenters. The molecule has 0 N–H and O–H groups in total. The summed E-state index contributed by atoms with van der Waals surface area (Å²) in [6, 6.07) is 26.9. The Kier molecular flexibility index (Phi) is 4.98. The van der Waals surface area contributed by atoms with Crippen LogP contribution >= 0.6 is 0 Å². The third kappa shape index (κ3) is 3.21. The van der Waals surface area contributed by atoms with Gasteiger partial charge in [0.15, 0.2) is 0 Å². The SMILES string of the molecule is C1=CCCC(c2cc3c4c(c2)B2C5=CC=CCC5c5cccc(c52)N4c2cc(C4CC=CCC4)cc4c2B3c2ccccc2-4)=C1. The number of rotatable bonds is 2. The van der Waals surface area contributed by atoms with Crippen LogP contribution in [0.4, 0.5) is 17.1 Å². The summed E-state index contributed by atoms with van der Waals surface area (Å²) >= 11 is 0. The highest BCUT2D eigenvalue weighted by atomic mass is 15.2. The highest BCUT2D eigenvalue weighted by molar-refractivity contribution is 7.03. The van der Waals surface area contributed by atoms with E-state index in [1.54, 1.807) is 16.5 Å². The van der Waals surface area contributed by atoms with Crippen LogP contribution in [0.3, 0.4) is 0 Å². The fraction of sp³-hybridized carbons (Fsp3) is 0.190. The Balaban J connectivity index is 1.26. The fourth-order valence-corrected chi connectivity index (χ4v) is 10.1. The van der Waals surface area contributed by atoms with E-state index < -0.39 is 0 Å². The summed E-state index contributed by atoms with van der Waals surface area (Å²) < 4.78 is 0. The number of fused-ring (bicyclic) bond motifs is 10. The number of allylic oxidation sites excluding steroid dienone is 10. The summed E-state index contributed by atoms with van der Waals surface area (Å²) in [5.74, 6) is 1.06. The van der Waals surface area contributed by atoms with Crippen LogP contribution in [0, 0.1) is 0 Å². The van der Waals surface area contributed by atoms with Crippen molar-refractivity contribution in [3.63, 3.8) is 0 Å². The average molecular weight is 573 g/mol. The van der Waals surface area contributed by atoms with E-state index in [0.717, 1.165) is 25.7 Å². The van der Waals surface area contributed by atoms with Gasteiger partial charge in [0.2, 0.25) is 13.4 Å². The monoisotopic (exact) mass is 573 g/mol. The summed E-state index contributed by atoms with van der Waals surface area (Å²) in [7, 11) is 0. The van der Waals surface area contributed by atoms with Gasteiger partial charge in [0.05, 0.1) is 0 Å². The van der Waals surface area contributed by atoms with E-state index in [-0.39, 0.29) is 6.71 Å². The summed E-state index contributed by atoms with van der Waals surface area (Å²) in [4.78, 5) is 2.73. The van der Waals surface area contributed by atoms with Gasteiger partial charge in [0.1, 0.15) is 0 Å². The molecule has 0 amide bonds. The normalized spacial score (nSPS) is 22.0. The number of anilines is 3. The highest BCUT2D eigenvalue weighted by Gasteiger charge is 2.51. The number of benzene rings is 4. The minimum Gasteiger partial charge on any atom is -0.312 e. The number of hydrogen-bond donors (Lipinski definition) is 0. The molecule has 4 aromatic carbocycles. The Labute approximate surface area is 266 Å². The minimum atomic E-state index is 0.262. The number of hydrogen-bond acceptors (Lipinski definition) is 1. The smallest absolute Gasteiger partial charge is 0.248 e. The maximum Gasteiger partial charge on any atom is 0.248 e. The first-order chi connectivity index (χ1) is 22.3. The first-order valence-corrected chi connectivity index (χ1v) is 17.1. The van der Waals surface area contributed by atoms with Gasteiger partial charge < -0.3 is 4.90 Å². The van der Waals surface area contributed by atoms with Gasteiger partial charge >= 0.3 is 0 Å². The van der Waals surface area contributed by atoms with Crippen molar-refractivity contribution in [1.29, 1.82) is 0 Å². The molecule has 0 fully saturated rings. The highest BCUT2D eigenvalue weighted by Crippen LogP contribution is 2.49. The summed E-state index contributed by atoms with van der Waals surface area (Å²) in [5.41, 5.74) is 22.3. The maximum atomic E-state index is 2.73. The lowest BCUT2D eigenvalue weighted by Crippen LogP contribution is -2.61. The van der Waals surface area contributed by atoms with Crippen molar-refractivity contribution in [2.24, 2.45) is 0 Å². The van der Waals surface area contributed by atoms with Gasteiger partial charge in [-0.15, -0.1) is 0 Å². The van der Waals surface area contributed by atoms with Crippen LogP contribution in [0.5, 0.6) is 0 Å². The van der Waals surface area contributed by atoms with Crippen LogP contribution in [0.25, 0.3) is 16.7 Å². The van der Waals surface area contributed by atoms with Gasteiger partial charge in [-0.1, -0.05) is 114 Å². The van der Waals surface area contributed by atoms with E-state index in [2.05, 4.69) is 120 Å². The Morgan fingerprint density at radius 2 is 1.58 bits per heavy atom. The van der Waals surface area contributed by atoms with Crippen molar-refractivity contribution >= 4 is 63.4 Å². The fourth-order valence-electron chi connectivity index (χ4n) is 10.1. The van der Waals surface area contributed by atoms with Crippen molar-refractivity contribution in [2.75, 3.05) is 4.90 Å². The molecule has 4 aromatic rings. The Bertz CT molecular complexity index is 2160. The maximum absolute atomic E-state index is 2.73. The molecule has 7 aliphatic rings. The molecular weight excluding hydrogens is 540 g/mol. The third-order valence-corrected chi connectivity index (χ3v) is 12.0. The van der Waals surface area contributed by atoms with Crippen LogP contribution in [-0.2, 0) is 0 Å². The van der Waals surface area contributed by atoms with Crippen LogP contribution in [0.1, 0.15) is 67.1 Å². The second-order valence-electron chi connectivity index (χ2n) is 14.1. The molecule has 3 heteroatoms. The molecule has 3 aliphatic carbocycles. The predicted octanol–water partition coefficient (Wildman–Crippen LogP) is 6.97. The number of nitrogens with zero attached hydrogens (tertiary/aromatic N) is 1. The largest absolute Gasteiger partial charge is 0.312 e. The van der Waals surface area contributed by atoms with Crippen molar-refractivity contribution in [1.82, 2.24) is 0 Å². The van der Waals surface area contributed by atoms with E-state index in [9.17, 15) is 0 Å². The zero-order valence-corrected chi connectivity index (χ0v) is 25.5. The van der Waals surface area contributed by atoms with Gasteiger partial charge in [-0.2, -0.15) is 0 Å². The second-order valence-corrected chi connectivity index (χ2v) is 14.1. The van der Waals surface area contributed by atoms with Crippen molar-refractivity contribution in [3.05, 3.63) is 138 Å². The molecule has 1 nitrogen and oxygen atoms in total. The topological polar surface area (TPSA) is 3.24 Å². The van der Waals surface area contributed by atoms with Gasteiger partial charge in [-0.3, -0.25) is 0 Å². The van der Waals surface area contributed by atoms with Crippen LogP contribution in [0.15, 0.2) is 121 Å². The van der Waals surface area contributed by atoms with Crippen LogP contribution in [0.2, 0.25) is 0 Å². The zero-order chi connectivity index (χ0) is 29.2. The van der Waals surface area contributed by atoms with E-state index >= 15 is 0 Å². The molecule has 212 valence electrons. The summed E-state index contributed by atoms with van der Waals surface area (Å²) in [6.07, 6.45) is 25.8. The van der Waals surface area contributed by atoms with Crippen LogP contribution < -0.4 is 32.2 Å². The second kappa shape index (κ2) is 9.04. The third-order valence-electron chi connectivity index (χ3n) is 12.0. The van der Waals surface area contributed by atoms with E-state index in [4.69, 9.17) is 0 Å². The van der Waals surface area contributed by atoms with Gasteiger partial charge in [-0.05, 0) is 112 Å². The lowest BCUT2D eigenvalue weighted by molar-refractivity contribution is 0.617. The Morgan fingerprint density at radius 1 is 0.667 bits per heavy atom. The molecule has 0 radical (unpaired) electrons. The molecule has 4 aliphatic heterocycles. The van der Waals surface area contributed by atoms with E-state index in [1.807, 2.05) is 0 Å². The van der Waals surface area contributed by atoms with Crippen molar-refractivity contribution in [3.8, 4) is 11.1 Å². The molecule has 0 saturated carbocycles. The quantitative estimate of drug-likeness (QED) is 0.160. The van der Waals surface area contributed by atoms with Gasteiger partial charge in [-0.25, -0.2) is 0 Å². The Morgan fingerprint density at radius 3 is 2.47 bits per heavy atom. The standard InChI is InChI=1S/C42H33B2N/c1-3-12-26(13-4-1)28-22-33-31-17-8-10-20-35(31)44-37-24-29(27-14-5-2-6-15-27)23-36-42(37)45(39(25-28)41(33)44)38-21-11-18-32-30-16-7-9-19-34(30)43(36)40(32)38/h1-3,5,7-11,14,17-26,30H,4,6,12-13,15-16H2. The van der Waals surface area contributed by atoms with Gasteiger partial charge in [0, 0.05) is 23.0 Å². The zero-order valence-electron chi connectivity index (χ0n) is 25.5. The van der Waals surface area contributed by atoms with Crippen LogP contribution in [-0.4, -0.2) is 13.4 Å². The van der Waals surface area contributed by atoms with E-state index in [0.29, 0.717) is 18.5 Å². The molecule has 0 aromatic heterocycles. The minimum absolute atomic E-state index is 0.262.